The molecule has 0 spiro atoms. The van der Waals surface area contributed by atoms with Crippen LogP contribution in [-0.2, 0) is 13.7 Å². The molecule has 0 aliphatic rings. The summed E-state index contributed by atoms with van der Waals surface area (Å²) in [7, 11) is 3.28. The summed E-state index contributed by atoms with van der Waals surface area (Å²) in [5.41, 5.74) is 1.52. The van der Waals surface area contributed by atoms with E-state index in [0.29, 0.717) is 5.75 Å². The molecule has 0 atom stereocenters. The minimum absolute atomic E-state index is 0.106. The van der Waals surface area contributed by atoms with Crippen LogP contribution >= 0.6 is 15.9 Å². The van der Waals surface area contributed by atoms with E-state index in [1.54, 1.807) is 11.7 Å². The summed E-state index contributed by atoms with van der Waals surface area (Å²) >= 11 is 3.43. The molecule has 0 aliphatic carbocycles. The first kappa shape index (κ1) is 15.3. The summed E-state index contributed by atoms with van der Waals surface area (Å²) in [4.78, 5) is 10.5. The summed E-state index contributed by atoms with van der Waals surface area (Å²) in [6.07, 6.45) is 0. The highest BCUT2D eigenvalue weighted by Crippen LogP contribution is 2.32. The zero-order valence-corrected chi connectivity index (χ0v) is 13.4. The number of halogens is 1. The van der Waals surface area contributed by atoms with Gasteiger partial charge in [-0.05, 0) is 28.9 Å². The molecule has 2 rings (SSSR count). The maximum atomic E-state index is 11.0. The standard InChI is InChI=1S/C13H14BrN3O4/c1-8-13(14)11(16(2)15-8)7-21-12-6-9(20-3)4-5-10(12)17(18)19/h4-6H,7H2,1-3H3. The topological polar surface area (TPSA) is 79.4 Å². The van der Waals surface area contributed by atoms with Crippen LogP contribution in [-0.4, -0.2) is 21.8 Å². The Kier molecular flexibility index (Phi) is 4.46. The first-order valence-corrected chi connectivity index (χ1v) is 6.86. The SMILES string of the molecule is COc1ccc([N+](=O)[O-])c(OCc2c(Br)c(C)nn2C)c1. The first-order valence-electron chi connectivity index (χ1n) is 6.07. The zero-order chi connectivity index (χ0) is 15.6. The molecule has 0 amide bonds. The van der Waals surface area contributed by atoms with Gasteiger partial charge in [0.05, 0.1) is 27.9 Å². The van der Waals surface area contributed by atoms with E-state index in [4.69, 9.17) is 9.47 Å². The Bertz CT molecular complexity index is 684. The fourth-order valence-corrected chi connectivity index (χ4v) is 2.32. The summed E-state index contributed by atoms with van der Waals surface area (Å²) in [5, 5.41) is 15.3. The lowest BCUT2D eigenvalue weighted by atomic mass is 10.3. The Morgan fingerprint density at radius 2 is 2.19 bits per heavy atom. The Labute approximate surface area is 129 Å². The van der Waals surface area contributed by atoms with Gasteiger partial charge in [-0.2, -0.15) is 5.10 Å². The third kappa shape index (κ3) is 3.15. The third-order valence-corrected chi connectivity index (χ3v) is 4.02. The van der Waals surface area contributed by atoms with Gasteiger partial charge in [0.2, 0.25) is 5.75 Å². The van der Waals surface area contributed by atoms with E-state index >= 15 is 0 Å². The van der Waals surface area contributed by atoms with Crippen molar-refractivity contribution in [2.45, 2.75) is 13.5 Å². The number of methoxy groups -OCH3 is 1. The Balaban J connectivity index is 2.28. The fraction of sp³-hybridized carbons (Fsp3) is 0.308. The van der Waals surface area contributed by atoms with Crippen molar-refractivity contribution in [3.63, 3.8) is 0 Å². The van der Waals surface area contributed by atoms with Crippen LogP contribution in [0.5, 0.6) is 11.5 Å². The zero-order valence-electron chi connectivity index (χ0n) is 11.8. The molecule has 21 heavy (non-hydrogen) atoms. The number of ether oxygens (including phenoxy) is 2. The van der Waals surface area contributed by atoms with E-state index in [0.717, 1.165) is 15.9 Å². The summed E-state index contributed by atoms with van der Waals surface area (Å²) in [6, 6.07) is 4.38. The number of aryl methyl sites for hydroxylation is 2. The molecule has 1 aromatic carbocycles. The summed E-state index contributed by atoms with van der Waals surface area (Å²) < 4.78 is 13.2. The van der Waals surface area contributed by atoms with Crippen LogP contribution in [0.2, 0.25) is 0 Å². The molecule has 0 N–H and O–H groups in total. The van der Waals surface area contributed by atoms with Crippen molar-refractivity contribution in [2.24, 2.45) is 7.05 Å². The first-order chi connectivity index (χ1) is 9.93. The molecule has 0 aliphatic heterocycles. The fourth-order valence-electron chi connectivity index (χ4n) is 1.87. The van der Waals surface area contributed by atoms with Crippen LogP contribution in [0.3, 0.4) is 0 Å². The molecule has 2 aromatic rings. The summed E-state index contributed by atoms with van der Waals surface area (Å²) in [5.74, 6) is 0.654. The molecular weight excluding hydrogens is 342 g/mol. The monoisotopic (exact) mass is 355 g/mol. The average Bonchev–Trinajstić information content (AvgIpc) is 2.69. The van der Waals surface area contributed by atoms with E-state index in [2.05, 4.69) is 21.0 Å². The quantitative estimate of drug-likeness (QED) is 0.608. The van der Waals surface area contributed by atoms with Crippen LogP contribution in [0.4, 0.5) is 5.69 Å². The molecule has 1 aromatic heterocycles. The van der Waals surface area contributed by atoms with Gasteiger partial charge in [0.1, 0.15) is 12.4 Å². The Hall–Kier alpha value is -2.09. The maximum absolute atomic E-state index is 11.0. The lowest BCUT2D eigenvalue weighted by molar-refractivity contribution is -0.386. The van der Waals surface area contributed by atoms with E-state index < -0.39 is 4.92 Å². The molecule has 1 heterocycles. The summed E-state index contributed by atoms with van der Waals surface area (Å²) in [6.45, 7) is 2.02. The van der Waals surface area contributed by atoms with Crippen molar-refractivity contribution in [1.82, 2.24) is 9.78 Å². The number of rotatable bonds is 5. The van der Waals surface area contributed by atoms with E-state index in [9.17, 15) is 10.1 Å². The van der Waals surface area contributed by atoms with Crippen LogP contribution < -0.4 is 9.47 Å². The van der Waals surface area contributed by atoms with Gasteiger partial charge in [0.25, 0.3) is 0 Å². The molecule has 112 valence electrons. The molecule has 8 heteroatoms. The molecule has 0 saturated carbocycles. The van der Waals surface area contributed by atoms with Crippen molar-refractivity contribution < 1.29 is 14.4 Å². The third-order valence-electron chi connectivity index (χ3n) is 2.99. The van der Waals surface area contributed by atoms with Crippen molar-refractivity contribution in [3.05, 3.63) is 44.2 Å². The number of benzene rings is 1. The maximum Gasteiger partial charge on any atom is 0.311 e. The second kappa shape index (κ2) is 6.13. The minimum Gasteiger partial charge on any atom is -0.497 e. The second-order valence-corrected chi connectivity index (χ2v) is 5.14. The number of hydrogen-bond acceptors (Lipinski definition) is 5. The van der Waals surface area contributed by atoms with Crippen LogP contribution in [0, 0.1) is 17.0 Å². The highest BCUT2D eigenvalue weighted by atomic mass is 79.9. The molecule has 0 unspecified atom stereocenters. The second-order valence-electron chi connectivity index (χ2n) is 4.35. The number of aromatic nitrogens is 2. The average molecular weight is 356 g/mol. The predicted molar refractivity (Wildman–Crippen MR) is 79.6 cm³/mol. The van der Waals surface area contributed by atoms with Gasteiger partial charge in [-0.1, -0.05) is 0 Å². The van der Waals surface area contributed by atoms with Crippen molar-refractivity contribution in [2.75, 3.05) is 7.11 Å². The minimum atomic E-state index is -0.488. The van der Waals surface area contributed by atoms with Gasteiger partial charge < -0.3 is 9.47 Å². The van der Waals surface area contributed by atoms with Gasteiger partial charge in [0.15, 0.2) is 0 Å². The van der Waals surface area contributed by atoms with Crippen molar-refractivity contribution >= 4 is 21.6 Å². The molecule has 0 radical (unpaired) electrons. The normalized spacial score (nSPS) is 10.5. The highest BCUT2D eigenvalue weighted by Gasteiger charge is 2.18. The van der Waals surface area contributed by atoms with Crippen LogP contribution in [0.15, 0.2) is 22.7 Å². The van der Waals surface area contributed by atoms with Crippen molar-refractivity contribution in [1.29, 1.82) is 0 Å². The Morgan fingerprint density at radius 3 is 2.71 bits per heavy atom. The Morgan fingerprint density at radius 1 is 1.48 bits per heavy atom. The van der Waals surface area contributed by atoms with Crippen LogP contribution in [0.1, 0.15) is 11.4 Å². The van der Waals surface area contributed by atoms with Gasteiger partial charge >= 0.3 is 5.69 Å². The van der Waals surface area contributed by atoms with Gasteiger partial charge in [-0.25, -0.2) is 0 Å². The smallest absolute Gasteiger partial charge is 0.311 e. The number of nitro benzene ring substituents is 1. The molecular formula is C13H14BrN3O4. The van der Waals surface area contributed by atoms with E-state index in [-0.39, 0.29) is 18.0 Å². The lowest BCUT2D eigenvalue weighted by Crippen LogP contribution is -2.05. The van der Waals surface area contributed by atoms with Gasteiger partial charge in [-0.15, -0.1) is 0 Å². The van der Waals surface area contributed by atoms with Crippen molar-refractivity contribution in [3.8, 4) is 11.5 Å². The highest BCUT2D eigenvalue weighted by molar-refractivity contribution is 9.10. The van der Waals surface area contributed by atoms with E-state index in [1.165, 1.54) is 25.3 Å². The predicted octanol–water partition coefficient (Wildman–Crippen LogP) is 2.99. The molecule has 7 nitrogen and oxygen atoms in total. The largest absolute Gasteiger partial charge is 0.497 e. The molecule has 0 bridgehead atoms. The van der Waals surface area contributed by atoms with Gasteiger partial charge in [0, 0.05) is 19.2 Å². The van der Waals surface area contributed by atoms with E-state index in [1.807, 2.05) is 6.92 Å². The lowest BCUT2D eigenvalue weighted by Gasteiger charge is -2.09. The number of hydrogen-bond donors (Lipinski definition) is 0. The number of nitro groups is 1. The molecule has 0 saturated heterocycles. The molecule has 0 fully saturated rings. The van der Waals surface area contributed by atoms with Gasteiger partial charge in [-0.3, -0.25) is 14.8 Å². The van der Waals surface area contributed by atoms with Crippen LogP contribution in [0.25, 0.3) is 0 Å². The number of nitrogens with zero attached hydrogens (tertiary/aromatic N) is 3.